The van der Waals surface area contributed by atoms with E-state index in [2.05, 4.69) is 24.5 Å². The highest BCUT2D eigenvalue weighted by molar-refractivity contribution is 7.91. The van der Waals surface area contributed by atoms with Gasteiger partial charge in [-0.3, -0.25) is 0 Å². The molecule has 0 amide bonds. The van der Waals surface area contributed by atoms with Crippen LogP contribution in [0.25, 0.3) is 0 Å². The average molecular weight is 220 g/mol. The molecular formula is C9H20N2O2S. The fourth-order valence-corrected chi connectivity index (χ4v) is 3.09. The predicted octanol–water partition coefficient (Wildman–Crippen LogP) is -0.239. The van der Waals surface area contributed by atoms with Crippen LogP contribution in [0.5, 0.6) is 0 Å². The van der Waals surface area contributed by atoms with Gasteiger partial charge in [0, 0.05) is 18.6 Å². The first-order chi connectivity index (χ1) is 6.49. The highest BCUT2D eigenvalue weighted by Gasteiger charge is 2.23. The minimum Gasteiger partial charge on any atom is -0.314 e. The van der Waals surface area contributed by atoms with E-state index < -0.39 is 9.84 Å². The van der Waals surface area contributed by atoms with Crippen LogP contribution in [0.1, 0.15) is 20.3 Å². The zero-order chi connectivity index (χ0) is 10.6. The Hall–Kier alpha value is -0.130. The van der Waals surface area contributed by atoms with Crippen molar-refractivity contribution in [1.82, 2.24) is 10.6 Å². The molecule has 0 radical (unpaired) electrons. The van der Waals surface area contributed by atoms with Gasteiger partial charge in [-0.25, -0.2) is 8.42 Å². The first kappa shape index (κ1) is 11.9. The van der Waals surface area contributed by atoms with Crippen LogP contribution >= 0.6 is 0 Å². The van der Waals surface area contributed by atoms with Gasteiger partial charge in [0.15, 0.2) is 9.84 Å². The molecule has 1 heterocycles. The summed E-state index contributed by atoms with van der Waals surface area (Å²) in [6.45, 7) is 5.66. The molecule has 0 aromatic carbocycles. The first-order valence-corrected chi connectivity index (χ1v) is 6.99. The summed E-state index contributed by atoms with van der Waals surface area (Å²) in [7, 11) is -2.77. The number of sulfone groups is 1. The van der Waals surface area contributed by atoms with Crippen molar-refractivity contribution in [3.05, 3.63) is 0 Å². The van der Waals surface area contributed by atoms with Crippen molar-refractivity contribution in [3.8, 4) is 0 Å². The van der Waals surface area contributed by atoms with Crippen LogP contribution in [0.4, 0.5) is 0 Å². The predicted molar refractivity (Wildman–Crippen MR) is 58.2 cm³/mol. The van der Waals surface area contributed by atoms with E-state index in [0.717, 1.165) is 13.0 Å². The quantitative estimate of drug-likeness (QED) is 0.686. The average Bonchev–Trinajstić information content (AvgIpc) is 2.01. The third-order valence-corrected chi connectivity index (χ3v) is 4.08. The number of hydrogen-bond acceptors (Lipinski definition) is 4. The lowest BCUT2D eigenvalue weighted by Crippen LogP contribution is -2.46. The van der Waals surface area contributed by atoms with Crippen molar-refractivity contribution in [1.29, 1.82) is 0 Å². The molecule has 0 aromatic rings. The molecule has 1 fully saturated rings. The molecule has 1 aliphatic heterocycles. The molecule has 0 saturated carbocycles. The minimum atomic E-state index is -2.77. The minimum absolute atomic E-state index is 0.139. The molecule has 14 heavy (non-hydrogen) atoms. The van der Waals surface area contributed by atoms with Crippen molar-refractivity contribution in [2.45, 2.75) is 32.4 Å². The summed E-state index contributed by atoms with van der Waals surface area (Å²) in [5.41, 5.74) is 0. The molecule has 1 rings (SSSR count). The fourth-order valence-electron chi connectivity index (χ4n) is 1.60. The van der Waals surface area contributed by atoms with E-state index in [1.54, 1.807) is 0 Å². The molecule has 1 unspecified atom stereocenters. The van der Waals surface area contributed by atoms with Crippen LogP contribution in [0.3, 0.4) is 0 Å². The lowest BCUT2D eigenvalue weighted by atomic mass is 10.2. The fraction of sp³-hybridized carbons (Fsp3) is 1.00. The van der Waals surface area contributed by atoms with Gasteiger partial charge in [-0.1, -0.05) is 13.8 Å². The Morgan fingerprint density at radius 1 is 1.50 bits per heavy atom. The van der Waals surface area contributed by atoms with Gasteiger partial charge < -0.3 is 10.6 Å². The van der Waals surface area contributed by atoms with E-state index in [1.807, 2.05) is 0 Å². The molecular weight excluding hydrogens is 200 g/mol. The van der Waals surface area contributed by atoms with Crippen LogP contribution < -0.4 is 10.6 Å². The van der Waals surface area contributed by atoms with Crippen molar-refractivity contribution < 1.29 is 8.42 Å². The first-order valence-electron chi connectivity index (χ1n) is 5.17. The van der Waals surface area contributed by atoms with Crippen LogP contribution in [0, 0.1) is 0 Å². The number of nitrogens with one attached hydrogen (secondary N) is 2. The summed E-state index contributed by atoms with van der Waals surface area (Å²) < 4.78 is 22.6. The van der Waals surface area contributed by atoms with Crippen LogP contribution in [0.2, 0.25) is 0 Å². The molecule has 5 heteroatoms. The van der Waals surface area contributed by atoms with Gasteiger partial charge in [0.1, 0.15) is 0 Å². The van der Waals surface area contributed by atoms with Gasteiger partial charge in [-0.15, -0.1) is 0 Å². The molecule has 0 bridgehead atoms. The van der Waals surface area contributed by atoms with Gasteiger partial charge in [0.25, 0.3) is 0 Å². The van der Waals surface area contributed by atoms with Crippen molar-refractivity contribution in [2.75, 3.05) is 24.6 Å². The molecule has 0 spiro atoms. The molecule has 1 aliphatic rings. The second-order valence-corrected chi connectivity index (χ2v) is 6.39. The summed E-state index contributed by atoms with van der Waals surface area (Å²) in [6, 6.07) is 0.607. The molecule has 84 valence electrons. The second kappa shape index (κ2) is 5.09. The maximum absolute atomic E-state index is 11.3. The Bertz CT molecular complexity index is 262. The van der Waals surface area contributed by atoms with Crippen molar-refractivity contribution >= 4 is 9.84 Å². The lowest BCUT2D eigenvalue weighted by molar-refractivity contribution is 0.466. The third kappa shape index (κ3) is 4.39. The standard InChI is InChI=1S/C9H20N2O2S/c1-8(2)10-4-3-9-7-14(12,13)6-5-11-9/h8-11H,3-7H2,1-2H3. The van der Waals surface area contributed by atoms with Crippen LogP contribution in [0.15, 0.2) is 0 Å². The monoisotopic (exact) mass is 220 g/mol. The Morgan fingerprint density at radius 3 is 2.79 bits per heavy atom. The van der Waals surface area contributed by atoms with Crippen molar-refractivity contribution in [2.24, 2.45) is 0 Å². The van der Waals surface area contributed by atoms with E-state index in [4.69, 9.17) is 0 Å². The zero-order valence-corrected chi connectivity index (χ0v) is 9.73. The van der Waals surface area contributed by atoms with Gasteiger partial charge in [-0.05, 0) is 13.0 Å². The highest BCUT2D eigenvalue weighted by Crippen LogP contribution is 2.04. The highest BCUT2D eigenvalue weighted by atomic mass is 32.2. The van der Waals surface area contributed by atoms with E-state index >= 15 is 0 Å². The number of hydrogen-bond donors (Lipinski definition) is 2. The maximum Gasteiger partial charge on any atom is 0.153 e. The van der Waals surface area contributed by atoms with Crippen LogP contribution in [-0.4, -0.2) is 45.1 Å². The Kier molecular flexibility index (Phi) is 4.34. The van der Waals surface area contributed by atoms with Gasteiger partial charge >= 0.3 is 0 Å². The SMILES string of the molecule is CC(C)NCCC1CS(=O)(=O)CCN1. The van der Waals surface area contributed by atoms with Gasteiger partial charge in [-0.2, -0.15) is 0 Å². The number of rotatable bonds is 4. The largest absolute Gasteiger partial charge is 0.314 e. The molecule has 0 aliphatic carbocycles. The Labute approximate surface area is 86.4 Å². The normalized spacial score (nSPS) is 26.6. The molecule has 2 N–H and O–H groups in total. The molecule has 0 aromatic heterocycles. The van der Waals surface area contributed by atoms with Gasteiger partial charge in [0.2, 0.25) is 0 Å². The van der Waals surface area contributed by atoms with Crippen molar-refractivity contribution in [3.63, 3.8) is 0 Å². The Balaban J connectivity index is 2.25. The molecule has 1 saturated heterocycles. The van der Waals surface area contributed by atoms with E-state index in [9.17, 15) is 8.42 Å². The topological polar surface area (TPSA) is 58.2 Å². The van der Waals surface area contributed by atoms with E-state index in [-0.39, 0.29) is 6.04 Å². The molecule has 4 nitrogen and oxygen atoms in total. The smallest absolute Gasteiger partial charge is 0.153 e. The summed E-state index contributed by atoms with van der Waals surface area (Å²) in [4.78, 5) is 0. The zero-order valence-electron chi connectivity index (χ0n) is 8.91. The summed E-state index contributed by atoms with van der Waals surface area (Å²) in [5.74, 6) is 0.591. The van der Waals surface area contributed by atoms with E-state index in [1.165, 1.54) is 0 Å². The maximum atomic E-state index is 11.3. The lowest BCUT2D eigenvalue weighted by Gasteiger charge is -2.24. The van der Waals surface area contributed by atoms with E-state index in [0.29, 0.717) is 24.1 Å². The molecule has 1 atom stereocenters. The Morgan fingerprint density at radius 2 is 2.21 bits per heavy atom. The van der Waals surface area contributed by atoms with Gasteiger partial charge in [0.05, 0.1) is 11.5 Å². The summed E-state index contributed by atoms with van der Waals surface area (Å²) >= 11 is 0. The summed E-state index contributed by atoms with van der Waals surface area (Å²) in [6.07, 6.45) is 0.886. The third-order valence-electron chi connectivity index (χ3n) is 2.35. The summed E-state index contributed by atoms with van der Waals surface area (Å²) in [5, 5.41) is 6.51. The second-order valence-electron chi connectivity index (χ2n) is 4.16. The van der Waals surface area contributed by atoms with Crippen LogP contribution in [-0.2, 0) is 9.84 Å².